The number of nitrogens with zero attached hydrogens (tertiary/aromatic N) is 4. The SMILES string of the molecule is CN=CCC=Nc1cc(C2=NC(C34CC5CC(CC(C5)C3)C4)N=C(C34CC5CC(CC(C5)C3)C4)N2)ccc1C. The van der Waals surface area contributed by atoms with Crippen LogP contribution in [0.1, 0.15) is 94.6 Å². The summed E-state index contributed by atoms with van der Waals surface area (Å²) < 4.78 is 0. The zero-order chi connectivity index (χ0) is 26.2. The number of benzene rings is 1. The number of aliphatic imine (C=N–C) groups is 4. The largest absolute Gasteiger partial charge is 0.328 e. The predicted molar refractivity (Wildman–Crippen MR) is 160 cm³/mol. The maximum atomic E-state index is 5.72. The van der Waals surface area contributed by atoms with Crippen molar-refractivity contribution in [2.75, 3.05) is 7.05 Å². The number of hydrogen-bond donors (Lipinski definition) is 1. The van der Waals surface area contributed by atoms with Gasteiger partial charge in [-0.3, -0.25) is 4.99 Å². The van der Waals surface area contributed by atoms with E-state index in [2.05, 4.69) is 35.4 Å². The van der Waals surface area contributed by atoms with E-state index >= 15 is 0 Å². The van der Waals surface area contributed by atoms with Crippen molar-refractivity contribution in [3.8, 4) is 0 Å². The summed E-state index contributed by atoms with van der Waals surface area (Å²) in [5, 5.41) is 3.94. The standard InChI is InChI=1S/C34H45N5/c1-21-4-5-28(14-29(21)36-7-3-6-35-2)30-37-31(33-15-22-8-23(16-33)10-24(9-22)17-33)39-32(38-30)34-18-25-11-26(19-34)13-27(12-25)20-34/h4-7,14,22-27,31H,3,8-13,15-20H2,1-2H3,(H,37,38,39). The third kappa shape index (κ3) is 4.16. The van der Waals surface area contributed by atoms with Crippen LogP contribution in [0, 0.1) is 53.3 Å². The van der Waals surface area contributed by atoms with E-state index in [1.165, 1.54) is 94.0 Å². The van der Waals surface area contributed by atoms with Crippen molar-refractivity contribution < 1.29 is 0 Å². The molecule has 1 heterocycles. The smallest absolute Gasteiger partial charge is 0.149 e. The molecule has 0 aromatic heterocycles. The number of hydrogen-bond acceptors (Lipinski definition) is 5. The Bertz CT molecular complexity index is 1200. The average Bonchev–Trinajstić information content (AvgIpc) is 2.90. The van der Waals surface area contributed by atoms with Gasteiger partial charge in [0, 0.05) is 42.3 Å². The van der Waals surface area contributed by atoms with E-state index < -0.39 is 0 Å². The van der Waals surface area contributed by atoms with Gasteiger partial charge in [0.15, 0.2) is 0 Å². The molecule has 1 aromatic carbocycles. The van der Waals surface area contributed by atoms with Crippen molar-refractivity contribution in [3.63, 3.8) is 0 Å². The molecule has 0 saturated heterocycles. The van der Waals surface area contributed by atoms with E-state index in [1.807, 2.05) is 19.5 Å². The lowest BCUT2D eigenvalue weighted by Gasteiger charge is -2.59. The van der Waals surface area contributed by atoms with Gasteiger partial charge in [-0.25, -0.2) is 9.98 Å². The summed E-state index contributed by atoms with van der Waals surface area (Å²) in [4.78, 5) is 20.2. The van der Waals surface area contributed by atoms with Gasteiger partial charge in [-0.2, -0.15) is 0 Å². The highest BCUT2D eigenvalue weighted by Gasteiger charge is 2.58. The van der Waals surface area contributed by atoms with Gasteiger partial charge in [0.2, 0.25) is 0 Å². The highest BCUT2D eigenvalue weighted by molar-refractivity contribution is 6.12. The molecule has 39 heavy (non-hydrogen) atoms. The van der Waals surface area contributed by atoms with E-state index in [1.54, 1.807) is 0 Å². The molecule has 1 unspecified atom stereocenters. The molecule has 8 aliphatic carbocycles. The summed E-state index contributed by atoms with van der Waals surface area (Å²) in [5.41, 5.74) is 3.94. The van der Waals surface area contributed by atoms with Crippen molar-refractivity contribution in [3.05, 3.63) is 29.3 Å². The molecule has 1 aromatic rings. The van der Waals surface area contributed by atoms with Crippen LogP contribution in [0.4, 0.5) is 5.69 Å². The molecule has 1 N–H and O–H groups in total. The van der Waals surface area contributed by atoms with Gasteiger partial charge in [0.1, 0.15) is 17.8 Å². The van der Waals surface area contributed by atoms with E-state index in [0.29, 0.717) is 0 Å². The molecule has 5 heteroatoms. The third-order valence-electron chi connectivity index (χ3n) is 12.0. The van der Waals surface area contributed by atoms with Crippen LogP contribution in [0.25, 0.3) is 0 Å². The van der Waals surface area contributed by atoms with Gasteiger partial charge in [-0.1, -0.05) is 12.1 Å². The first-order valence-electron chi connectivity index (χ1n) is 16.0. The summed E-state index contributed by atoms with van der Waals surface area (Å²) >= 11 is 0. The fourth-order valence-electron chi connectivity index (χ4n) is 11.2. The van der Waals surface area contributed by atoms with Crippen molar-refractivity contribution in [1.82, 2.24) is 5.32 Å². The molecule has 0 amide bonds. The predicted octanol–water partition coefficient (Wildman–Crippen LogP) is 7.30. The van der Waals surface area contributed by atoms with Crippen LogP contribution in [0.3, 0.4) is 0 Å². The molecule has 0 radical (unpaired) electrons. The van der Waals surface area contributed by atoms with Crippen molar-refractivity contribution in [2.45, 2.75) is 96.6 Å². The third-order valence-corrected chi connectivity index (χ3v) is 12.0. The highest BCUT2D eigenvalue weighted by atomic mass is 15.2. The number of nitrogens with one attached hydrogen (secondary N) is 1. The fraction of sp³-hybridized carbons (Fsp3) is 0.706. The van der Waals surface area contributed by atoms with Crippen molar-refractivity contribution >= 4 is 29.8 Å². The average molecular weight is 524 g/mol. The van der Waals surface area contributed by atoms with Gasteiger partial charge in [-0.15, -0.1) is 0 Å². The molecule has 206 valence electrons. The van der Waals surface area contributed by atoms with Gasteiger partial charge >= 0.3 is 0 Å². The van der Waals surface area contributed by atoms with Gasteiger partial charge in [-0.05, 0) is 131 Å². The van der Waals surface area contributed by atoms with Crippen molar-refractivity contribution in [2.24, 2.45) is 66.3 Å². The van der Waals surface area contributed by atoms with Crippen LogP contribution in [0.15, 0.2) is 38.2 Å². The molecule has 8 fully saturated rings. The molecule has 10 rings (SSSR count). The van der Waals surface area contributed by atoms with Crippen LogP contribution < -0.4 is 5.32 Å². The monoisotopic (exact) mass is 523 g/mol. The zero-order valence-electron chi connectivity index (χ0n) is 23.9. The van der Waals surface area contributed by atoms with Crippen LogP contribution in [-0.4, -0.2) is 37.3 Å². The maximum absolute atomic E-state index is 5.72. The summed E-state index contributed by atoms with van der Waals surface area (Å²) in [7, 11) is 1.82. The summed E-state index contributed by atoms with van der Waals surface area (Å²) in [5.74, 6) is 7.84. The Hall–Kier alpha value is -2.30. The Morgan fingerprint density at radius 3 is 2.00 bits per heavy atom. The summed E-state index contributed by atoms with van der Waals surface area (Å²) in [6.45, 7) is 2.15. The summed E-state index contributed by atoms with van der Waals surface area (Å²) in [6, 6.07) is 6.73. The molecule has 1 atom stereocenters. The number of amidine groups is 2. The van der Waals surface area contributed by atoms with Crippen LogP contribution >= 0.6 is 0 Å². The van der Waals surface area contributed by atoms with E-state index in [0.717, 1.165) is 53.5 Å². The Kier molecular flexibility index (Phi) is 5.72. The molecule has 8 saturated carbocycles. The Labute approximate surface area is 234 Å². The first-order valence-corrected chi connectivity index (χ1v) is 16.0. The first-order chi connectivity index (χ1) is 19.0. The Balaban J connectivity index is 1.18. The summed E-state index contributed by atoms with van der Waals surface area (Å²) in [6.07, 6.45) is 21.6. The second-order valence-corrected chi connectivity index (χ2v) is 14.9. The van der Waals surface area contributed by atoms with E-state index in [9.17, 15) is 0 Å². The second kappa shape index (κ2) is 9.11. The maximum Gasteiger partial charge on any atom is 0.149 e. The molecule has 1 aliphatic heterocycles. The molecule has 9 aliphatic rings. The highest BCUT2D eigenvalue weighted by Crippen LogP contribution is 2.64. The van der Waals surface area contributed by atoms with Crippen LogP contribution in [0.2, 0.25) is 0 Å². The van der Waals surface area contributed by atoms with Gasteiger partial charge in [0.25, 0.3) is 0 Å². The van der Waals surface area contributed by atoms with E-state index in [4.69, 9.17) is 15.0 Å². The van der Waals surface area contributed by atoms with E-state index in [-0.39, 0.29) is 17.0 Å². The Morgan fingerprint density at radius 1 is 0.821 bits per heavy atom. The minimum Gasteiger partial charge on any atom is -0.328 e. The molecule has 0 spiro atoms. The molecule has 5 nitrogen and oxygen atoms in total. The zero-order valence-corrected chi connectivity index (χ0v) is 23.9. The lowest BCUT2D eigenvalue weighted by atomic mass is 9.48. The van der Waals surface area contributed by atoms with Crippen LogP contribution in [-0.2, 0) is 0 Å². The molecular formula is C34H45N5. The molecular weight excluding hydrogens is 478 g/mol. The number of aryl methyl sites for hydroxylation is 1. The van der Waals surface area contributed by atoms with Crippen molar-refractivity contribution in [1.29, 1.82) is 0 Å². The normalized spacial score (nSPS) is 43.8. The quantitative estimate of drug-likeness (QED) is 0.391. The lowest BCUT2D eigenvalue weighted by Crippen LogP contribution is -2.58. The van der Waals surface area contributed by atoms with Gasteiger partial charge in [0.05, 0.1) is 5.69 Å². The lowest BCUT2D eigenvalue weighted by molar-refractivity contribution is -0.0659. The second-order valence-electron chi connectivity index (χ2n) is 14.9. The Morgan fingerprint density at radius 2 is 1.41 bits per heavy atom. The number of rotatable bonds is 6. The topological polar surface area (TPSA) is 61.5 Å². The molecule has 8 bridgehead atoms. The van der Waals surface area contributed by atoms with Gasteiger partial charge < -0.3 is 10.3 Å². The minimum atomic E-state index is 0.0826. The minimum absolute atomic E-state index is 0.0826. The van der Waals surface area contributed by atoms with Crippen LogP contribution in [0.5, 0.6) is 0 Å². The first kappa shape index (κ1) is 24.5. The fourth-order valence-corrected chi connectivity index (χ4v) is 11.2.